The monoisotopic (exact) mass is 301 g/mol. The van der Waals surface area contributed by atoms with E-state index < -0.39 is 5.82 Å². The lowest BCUT2D eigenvalue weighted by Crippen LogP contribution is -2.01. The first kappa shape index (κ1) is 14.1. The van der Waals surface area contributed by atoms with Crippen LogP contribution < -0.4 is 5.32 Å². The predicted octanol–water partition coefficient (Wildman–Crippen LogP) is 5.19. The number of nitrogens with one attached hydrogen (secondary N) is 1. The van der Waals surface area contributed by atoms with Gasteiger partial charge in [-0.05, 0) is 36.2 Å². The summed E-state index contributed by atoms with van der Waals surface area (Å²) in [5.41, 5.74) is 1.95. The average molecular weight is 302 g/mol. The van der Waals surface area contributed by atoms with Gasteiger partial charge in [-0.3, -0.25) is 0 Å². The molecule has 0 unspecified atom stereocenters. The molecule has 19 heavy (non-hydrogen) atoms. The molecule has 2 rings (SSSR count). The van der Waals surface area contributed by atoms with Gasteiger partial charge in [0.15, 0.2) is 5.82 Å². The van der Waals surface area contributed by atoms with Gasteiger partial charge in [0.2, 0.25) is 0 Å². The summed E-state index contributed by atoms with van der Waals surface area (Å²) in [6.45, 7) is 2.10. The minimum absolute atomic E-state index is 0.0508. The van der Waals surface area contributed by atoms with Crippen molar-refractivity contribution < 1.29 is 8.78 Å². The second kappa shape index (κ2) is 5.76. The smallest absolute Gasteiger partial charge is 0.160 e. The number of anilines is 1. The standard InChI is InChI=1S/C14H11Cl2F2N/c1-8-2-3-9(4-13(8)17)7-19-10-5-11(15)14(18)12(16)6-10/h2-6,19H,7H2,1H3. The molecule has 0 radical (unpaired) electrons. The molecule has 0 bridgehead atoms. The molecule has 0 fully saturated rings. The third-order valence-electron chi connectivity index (χ3n) is 2.72. The first-order valence-corrected chi connectivity index (χ1v) is 6.36. The van der Waals surface area contributed by atoms with Crippen LogP contribution in [0.25, 0.3) is 0 Å². The predicted molar refractivity (Wildman–Crippen MR) is 74.9 cm³/mol. The lowest BCUT2D eigenvalue weighted by atomic mass is 10.1. The molecule has 0 aliphatic heterocycles. The Morgan fingerprint density at radius 1 is 1.05 bits per heavy atom. The minimum atomic E-state index is -0.643. The van der Waals surface area contributed by atoms with Crippen LogP contribution in [0.5, 0.6) is 0 Å². The van der Waals surface area contributed by atoms with E-state index in [1.54, 1.807) is 13.0 Å². The van der Waals surface area contributed by atoms with Crippen LogP contribution in [-0.4, -0.2) is 0 Å². The Bertz CT molecular complexity index is 591. The van der Waals surface area contributed by atoms with Gasteiger partial charge in [0.05, 0.1) is 10.0 Å². The minimum Gasteiger partial charge on any atom is -0.381 e. The molecular formula is C14H11Cl2F2N. The van der Waals surface area contributed by atoms with E-state index in [-0.39, 0.29) is 15.9 Å². The molecule has 0 saturated heterocycles. The van der Waals surface area contributed by atoms with E-state index in [4.69, 9.17) is 23.2 Å². The van der Waals surface area contributed by atoms with E-state index >= 15 is 0 Å². The van der Waals surface area contributed by atoms with E-state index in [1.165, 1.54) is 18.2 Å². The lowest BCUT2D eigenvalue weighted by molar-refractivity contribution is 0.616. The van der Waals surface area contributed by atoms with Crippen molar-refractivity contribution in [3.05, 3.63) is 63.1 Å². The summed E-state index contributed by atoms with van der Waals surface area (Å²) in [4.78, 5) is 0. The third-order valence-corrected chi connectivity index (χ3v) is 3.27. The van der Waals surface area contributed by atoms with Gasteiger partial charge in [0.1, 0.15) is 5.82 Å². The Balaban J connectivity index is 2.12. The number of hydrogen-bond acceptors (Lipinski definition) is 1. The summed E-state index contributed by atoms with van der Waals surface area (Å²) in [5.74, 6) is -0.898. The third kappa shape index (κ3) is 3.37. The Kier molecular flexibility index (Phi) is 4.27. The molecule has 1 N–H and O–H groups in total. The number of hydrogen-bond donors (Lipinski definition) is 1. The quantitative estimate of drug-likeness (QED) is 0.769. The van der Waals surface area contributed by atoms with Crippen LogP contribution in [0, 0.1) is 18.6 Å². The first-order chi connectivity index (χ1) is 8.97. The van der Waals surface area contributed by atoms with E-state index in [0.29, 0.717) is 17.8 Å². The second-order valence-electron chi connectivity index (χ2n) is 4.19. The molecule has 0 heterocycles. The molecule has 0 spiro atoms. The second-order valence-corrected chi connectivity index (χ2v) is 5.01. The van der Waals surface area contributed by atoms with Crippen LogP contribution in [0.2, 0.25) is 10.0 Å². The molecule has 0 aromatic heterocycles. The highest BCUT2D eigenvalue weighted by Crippen LogP contribution is 2.27. The number of aryl methyl sites for hydroxylation is 1. The fraction of sp³-hybridized carbons (Fsp3) is 0.143. The van der Waals surface area contributed by atoms with Gasteiger partial charge >= 0.3 is 0 Å². The fourth-order valence-corrected chi connectivity index (χ4v) is 2.10. The maximum Gasteiger partial charge on any atom is 0.160 e. The zero-order chi connectivity index (χ0) is 14.0. The Hall–Kier alpha value is -1.32. The van der Waals surface area contributed by atoms with Crippen LogP contribution in [0.3, 0.4) is 0 Å². The molecule has 2 aromatic carbocycles. The van der Waals surface area contributed by atoms with E-state index in [9.17, 15) is 8.78 Å². The van der Waals surface area contributed by atoms with Crippen LogP contribution >= 0.6 is 23.2 Å². The maximum atomic E-state index is 13.4. The molecule has 0 aliphatic rings. The summed E-state index contributed by atoms with van der Waals surface area (Å²) in [6.07, 6.45) is 0. The number of benzene rings is 2. The molecule has 5 heteroatoms. The number of rotatable bonds is 3. The SMILES string of the molecule is Cc1ccc(CNc2cc(Cl)c(F)c(Cl)c2)cc1F. The van der Waals surface area contributed by atoms with Crippen molar-refractivity contribution in [2.75, 3.05) is 5.32 Å². The summed E-state index contributed by atoms with van der Waals surface area (Å²) < 4.78 is 26.6. The molecule has 0 amide bonds. The van der Waals surface area contributed by atoms with Gasteiger partial charge in [0.25, 0.3) is 0 Å². The highest BCUT2D eigenvalue weighted by Gasteiger charge is 2.07. The van der Waals surface area contributed by atoms with Crippen molar-refractivity contribution in [2.24, 2.45) is 0 Å². The van der Waals surface area contributed by atoms with Crippen molar-refractivity contribution in [3.8, 4) is 0 Å². The Labute approximate surface area is 120 Å². The van der Waals surface area contributed by atoms with Crippen LogP contribution in [0.1, 0.15) is 11.1 Å². The molecule has 0 saturated carbocycles. The van der Waals surface area contributed by atoms with Crippen LogP contribution in [-0.2, 0) is 6.54 Å². The summed E-state index contributed by atoms with van der Waals surface area (Å²) in [6, 6.07) is 7.85. The Morgan fingerprint density at radius 2 is 1.68 bits per heavy atom. The summed E-state index contributed by atoms with van der Waals surface area (Å²) >= 11 is 11.4. The van der Waals surface area contributed by atoms with Gasteiger partial charge < -0.3 is 5.32 Å². The zero-order valence-corrected chi connectivity index (χ0v) is 11.6. The number of halogens is 4. The maximum absolute atomic E-state index is 13.4. The van der Waals surface area contributed by atoms with Crippen molar-refractivity contribution in [2.45, 2.75) is 13.5 Å². The van der Waals surface area contributed by atoms with E-state index in [0.717, 1.165) is 5.56 Å². The van der Waals surface area contributed by atoms with Gasteiger partial charge in [-0.15, -0.1) is 0 Å². The first-order valence-electron chi connectivity index (χ1n) is 5.61. The average Bonchev–Trinajstić information content (AvgIpc) is 2.37. The van der Waals surface area contributed by atoms with E-state index in [2.05, 4.69) is 5.32 Å². The van der Waals surface area contributed by atoms with Gasteiger partial charge in [-0.2, -0.15) is 0 Å². The summed E-state index contributed by atoms with van der Waals surface area (Å²) in [5, 5.41) is 2.91. The topological polar surface area (TPSA) is 12.0 Å². The Morgan fingerprint density at radius 3 is 2.26 bits per heavy atom. The van der Waals surface area contributed by atoms with Crippen molar-refractivity contribution in [1.29, 1.82) is 0 Å². The molecule has 100 valence electrons. The highest BCUT2D eigenvalue weighted by atomic mass is 35.5. The van der Waals surface area contributed by atoms with E-state index in [1.807, 2.05) is 6.07 Å². The molecular weight excluding hydrogens is 291 g/mol. The lowest BCUT2D eigenvalue weighted by Gasteiger charge is -2.09. The summed E-state index contributed by atoms with van der Waals surface area (Å²) in [7, 11) is 0. The van der Waals surface area contributed by atoms with Gasteiger partial charge in [0, 0.05) is 12.2 Å². The molecule has 0 atom stereocenters. The zero-order valence-electron chi connectivity index (χ0n) is 10.1. The fourth-order valence-electron chi connectivity index (χ4n) is 1.61. The van der Waals surface area contributed by atoms with Crippen molar-refractivity contribution in [3.63, 3.8) is 0 Å². The highest BCUT2D eigenvalue weighted by molar-refractivity contribution is 6.35. The molecule has 1 nitrogen and oxygen atoms in total. The van der Waals surface area contributed by atoms with Crippen LogP contribution in [0.15, 0.2) is 30.3 Å². The van der Waals surface area contributed by atoms with Gasteiger partial charge in [-0.25, -0.2) is 8.78 Å². The molecule has 0 aliphatic carbocycles. The normalized spacial score (nSPS) is 10.6. The van der Waals surface area contributed by atoms with Gasteiger partial charge in [-0.1, -0.05) is 35.3 Å². The largest absolute Gasteiger partial charge is 0.381 e. The van der Waals surface area contributed by atoms with Crippen molar-refractivity contribution in [1.82, 2.24) is 0 Å². The molecule has 2 aromatic rings. The van der Waals surface area contributed by atoms with Crippen molar-refractivity contribution >= 4 is 28.9 Å². The van der Waals surface area contributed by atoms with Crippen LogP contribution in [0.4, 0.5) is 14.5 Å².